The Balaban J connectivity index is 1.80. The lowest BCUT2D eigenvalue weighted by Gasteiger charge is -2.18. The fourth-order valence-electron chi connectivity index (χ4n) is 7.39. The van der Waals surface area contributed by atoms with Crippen molar-refractivity contribution in [3.63, 3.8) is 0 Å². The van der Waals surface area contributed by atoms with E-state index in [2.05, 4.69) is 16.9 Å². The first-order valence-electron chi connectivity index (χ1n) is 15.6. The molecule has 0 aromatic carbocycles. The highest BCUT2D eigenvalue weighted by atomic mass is 16.5. The number of allylic oxidation sites excluding steroid dienone is 2. The fraction of sp³-hybridized carbons (Fsp3) is 0.389. The van der Waals surface area contributed by atoms with Crippen LogP contribution in [0.4, 0.5) is 0 Å². The van der Waals surface area contributed by atoms with Crippen LogP contribution in [0.25, 0.3) is 27.6 Å². The zero-order valence-corrected chi connectivity index (χ0v) is 27.4. The summed E-state index contributed by atoms with van der Waals surface area (Å²) in [6.07, 6.45) is 2.55. The molecule has 3 aromatic rings. The molecule has 4 atom stereocenters. The smallest absolute Gasteiger partial charge is 0.321 e. The summed E-state index contributed by atoms with van der Waals surface area (Å²) in [4.78, 5) is 69.6. The Bertz CT molecular complexity index is 2050. The van der Waals surface area contributed by atoms with E-state index in [1.807, 2.05) is 52.0 Å². The van der Waals surface area contributed by atoms with Crippen LogP contribution in [0.3, 0.4) is 0 Å². The van der Waals surface area contributed by atoms with E-state index in [0.717, 1.165) is 28.0 Å². The molecular weight excluding hydrogens is 584 g/mol. The normalized spacial score (nSPS) is 21.1. The maximum absolute atomic E-state index is 14.1. The first kappa shape index (κ1) is 31.1. The number of ether oxygens (including phenoxy) is 2. The molecule has 238 valence electrons. The van der Waals surface area contributed by atoms with Gasteiger partial charge in [0.2, 0.25) is 0 Å². The lowest BCUT2D eigenvalue weighted by atomic mass is 9.84. The van der Waals surface area contributed by atoms with Gasteiger partial charge in [0.15, 0.2) is 11.6 Å². The standard InChI is InChI=1S/C36H38N4O6/c1-9-20-15(2)22-14-27-29(19(6)41)17(4)24(38-27)12-23-16(3)21(10-11-28(42)45-7)33(39-23)31-32(36(44)46-8)35(43)30-18(5)25(40-34(30)31)13-26(20)37-22/h9,12-16,21,32,38,40H,10-11H2,1-8H3/b20-9+,22-14?,23-12?,24-12?,25-13?,26-13?,27-14?,33-31?/t15-,16+,21+,32-/m1/s1. The van der Waals surface area contributed by atoms with Crippen molar-refractivity contribution in [1.82, 2.24) is 19.9 Å². The molecule has 0 saturated carbocycles. The lowest BCUT2D eigenvalue weighted by molar-refractivity contribution is -0.142. The van der Waals surface area contributed by atoms with Gasteiger partial charge in [-0.15, -0.1) is 0 Å². The van der Waals surface area contributed by atoms with Gasteiger partial charge >= 0.3 is 11.9 Å². The van der Waals surface area contributed by atoms with Gasteiger partial charge in [0.05, 0.1) is 42.3 Å². The molecule has 0 radical (unpaired) electrons. The Morgan fingerprint density at radius 3 is 2.28 bits per heavy atom. The summed E-state index contributed by atoms with van der Waals surface area (Å²) in [5.41, 5.74) is 9.43. The van der Waals surface area contributed by atoms with Crippen molar-refractivity contribution in [2.75, 3.05) is 14.2 Å². The Kier molecular flexibility index (Phi) is 7.78. The Morgan fingerprint density at radius 2 is 1.63 bits per heavy atom. The molecule has 0 amide bonds. The van der Waals surface area contributed by atoms with E-state index in [9.17, 15) is 19.2 Å². The summed E-state index contributed by atoms with van der Waals surface area (Å²) in [6, 6.07) is 5.80. The Morgan fingerprint density at radius 1 is 0.935 bits per heavy atom. The van der Waals surface area contributed by atoms with Crippen molar-refractivity contribution >= 4 is 51.1 Å². The number of aryl methyl sites for hydroxylation is 2. The van der Waals surface area contributed by atoms with Crippen molar-refractivity contribution in [2.24, 2.45) is 0 Å². The van der Waals surface area contributed by atoms with Crippen LogP contribution in [0.2, 0.25) is 0 Å². The quantitative estimate of drug-likeness (QED) is 0.183. The first-order chi connectivity index (χ1) is 21.9. The molecule has 46 heavy (non-hydrogen) atoms. The highest BCUT2D eigenvalue weighted by Crippen LogP contribution is 2.48. The van der Waals surface area contributed by atoms with Crippen LogP contribution in [0.15, 0.2) is 24.3 Å². The minimum absolute atomic E-state index is 0.0381. The number of carbonyl (C=O) groups excluding carboxylic acids is 4. The van der Waals surface area contributed by atoms with Gasteiger partial charge in [-0.1, -0.05) is 19.9 Å². The number of aromatic amines is 2. The van der Waals surface area contributed by atoms with Gasteiger partial charge in [0.1, 0.15) is 5.92 Å². The SMILES string of the molecule is C/C=C1/c2cc3[nH]c4c(c3C)C(=O)[C@H](C(=O)OC)c4c3nc(cc4[nH]c(cc(n2)[C@@H]1C)c(C(C)=O)c4C)[C@@H](C)[C@@H]3CCC(=O)OC. The maximum atomic E-state index is 14.1. The number of carbonyl (C=O) groups is 4. The average molecular weight is 623 g/mol. The molecule has 10 heteroatoms. The number of esters is 2. The second kappa shape index (κ2) is 11.5. The van der Waals surface area contributed by atoms with E-state index >= 15 is 0 Å². The molecule has 3 aromatic heterocycles. The maximum Gasteiger partial charge on any atom is 0.321 e. The van der Waals surface area contributed by atoms with Crippen molar-refractivity contribution in [1.29, 1.82) is 0 Å². The summed E-state index contributed by atoms with van der Waals surface area (Å²) in [5.74, 6) is -3.18. The zero-order chi connectivity index (χ0) is 33.2. The lowest BCUT2D eigenvalue weighted by Crippen LogP contribution is -2.21. The molecule has 2 aliphatic heterocycles. The van der Waals surface area contributed by atoms with Crippen molar-refractivity contribution < 1.29 is 28.7 Å². The second-order valence-electron chi connectivity index (χ2n) is 12.4. The highest BCUT2D eigenvalue weighted by molar-refractivity contribution is 6.23. The number of hydrogen-bond acceptors (Lipinski definition) is 8. The zero-order valence-electron chi connectivity index (χ0n) is 27.4. The largest absolute Gasteiger partial charge is 0.469 e. The number of H-pyrrole nitrogens is 2. The third-order valence-electron chi connectivity index (χ3n) is 9.93. The van der Waals surface area contributed by atoms with Gasteiger partial charge < -0.3 is 19.4 Å². The second-order valence-corrected chi connectivity index (χ2v) is 12.4. The van der Waals surface area contributed by atoms with Gasteiger partial charge in [-0.05, 0) is 69.0 Å². The molecule has 6 rings (SSSR count). The average Bonchev–Trinajstić information content (AvgIpc) is 3.76. The van der Waals surface area contributed by atoms with E-state index in [4.69, 9.17) is 19.4 Å². The number of ketones is 2. The predicted octanol–water partition coefficient (Wildman–Crippen LogP) is 6.63. The molecule has 0 unspecified atom stereocenters. The number of nitrogens with one attached hydrogen (secondary N) is 2. The van der Waals surface area contributed by atoms with E-state index in [1.165, 1.54) is 14.2 Å². The van der Waals surface area contributed by atoms with Gasteiger partial charge in [0.25, 0.3) is 0 Å². The minimum atomic E-state index is -1.20. The van der Waals surface area contributed by atoms with Crippen LogP contribution in [0.5, 0.6) is 0 Å². The van der Waals surface area contributed by atoms with Gasteiger partial charge in [-0.3, -0.25) is 29.1 Å². The van der Waals surface area contributed by atoms with E-state index in [1.54, 1.807) is 6.92 Å². The van der Waals surface area contributed by atoms with Crippen molar-refractivity contribution in [3.8, 4) is 0 Å². The van der Waals surface area contributed by atoms with Gasteiger partial charge in [-0.25, -0.2) is 0 Å². The molecule has 0 fully saturated rings. The molecule has 10 nitrogen and oxygen atoms in total. The van der Waals surface area contributed by atoms with Crippen LogP contribution >= 0.6 is 0 Å². The summed E-state index contributed by atoms with van der Waals surface area (Å²) in [7, 11) is 2.62. The highest BCUT2D eigenvalue weighted by Gasteiger charge is 2.45. The number of nitrogens with zero attached hydrogens (tertiary/aromatic N) is 2. The third kappa shape index (κ3) is 4.69. The monoisotopic (exact) mass is 622 g/mol. The molecule has 0 spiro atoms. The summed E-state index contributed by atoms with van der Waals surface area (Å²) in [5, 5.41) is 0. The number of rotatable bonds is 5. The first-order valence-corrected chi connectivity index (χ1v) is 15.6. The Hall–Kier alpha value is -4.86. The molecule has 8 bridgehead atoms. The molecule has 1 aliphatic carbocycles. The minimum Gasteiger partial charge on any atom is -0.469 e. The molecule has 5 heterocycles. The number of fused-ring (bicyclic) bond motifs is 8. The number of hydrogen-bond donors (Lipinski definition) is 2. The van der Waals surface area contributed by atoms with E-state index < -0.39 is 11.9 Å². The van der Waals surface area contributed by atoms with Crippen LogP contribution in [-0.2, 0) is 19.1 Å². The van der Waals surface area contributed by atoms with Gasteiger partial charge in [0, 0.05) is 57.6 Å². The van der Waals surface area contributed by atoms with E-state index in [-0.39, 0.29) is 41.7 Å². The van der Waals surface area contributed by atoms with Crippen LogP contribution in [0, 0.1) is 13.8 Å². The topological polar surface area (TPSA) is 144 Å². The number of methoxy groups -OCH3 is 2. The summed E-state index contributed by atoms with van der Waals surface area (Å²) < 4.78 is 10.1. The van der Waals surface area contributed by atoms with E-state index in [0.29, 0.717) is 56.6 Å². The van der Waals surface area contributed by atoms with Crippen LogP contribution < -0.4 is 0 Å². The molecule has 3 aliphatic rings. The summed E-state index contributed by atoms with van der Waals surface area (Å²) in [6.45, 7) is 11.4. The predicted molar refractivity (Wildman–Crippen MR) is 174 cm³/mol. The fourth-order valence-corrected chi connectivity index (χ4v) is 7.39. The molecule has 0 saturated heterocycles. The van der Waals surface area contributed by atoms with Crippen LogP contribution in [0.1, 0.15) is 124 Å². The molecule has 2 N–H and O–H groups in total. The number of aromatic nitrogens is 4. The van der Waals surface area contributed by atoms with Crippen LogP contribution in [-0.4, -0.2) is 57.7 Å². The van der Waals surface area contributed by atoms with Gasteiger partial charge in [-0.2, -0.15) is 0 Å². The third-order valence-corrected chi connectivity index (χ3v) is 9.93. The number of Topliss-reactive ketones (excluding diaryl/α,β-unsaturated/α-hetero) is 2. The summed E-state index contributed by atoms with van der Waals surface area (Å²) >= 11 is 0. The van der Waals surface area contributed by atoms with Crippen molar-refractivity contribution in [2.45, 2.75) is 78.1 Å². The Labute approximate surface area is 266 Å². The molecular formula is C36H38N4O6. The van der Waals surface area contributed by atoms with Crippen molar-refractivity contribution in [3.05, 3.63) is 74.9 Å².